The molecule has 158 valence electrons. The van der Waals surface area contributed by atoms with Crippen molar-refractivity contribution in [1.82, 2.24) is 0 Å². The van der Waals surface area contributed by atoms with E-state index in [1.807, 2.05) is 25.1 Å². The number of carbonyl (C=O) groups is 1. The molecule has 1 heterocycles. The third-order valence-corrected chi connectivity index (χ3v) is 5.92. The van der Waals surface area contributed by atoms with Crippen molar-refractivity contribution < 1.29 is 13.2 Å². The molecule has 1 aliphatic heterocycles. The van der Waals surface area contributed by atoms with Crippen LogP contribution in [0.3, 0.4) is 0 Å². The van der Waals surface area contributed by atoms with Crippen LogP contribution >= 0.6 is 12.2 Å². The molecule has 8 nitrogen and oxygen atoms in total. The number of fused-ring (bicyclic) bond motifs is 1. The van der Waals surface area contributed by atoms with Gasteiger partial charge in [-0.3, -0.25) is 4.79 Å². The first-order chi connectivity index (χ1) is 14.0. The predicted molar refractivity (Wildman–Crippen MR) is 122 cm³/mol. The van der Waals surface area contributed by atoms with Crippen LogP contribution < -0.4 is 20.8 Å². The molecule has 1 amide bonds. The molecule has 0 saturated heterocycles. The molecule has 0 aliphatic carbocycles. The van der Waals surface area contributed by atoms with Crippen LogP contribution in [0, 0.1) is 0 Å². The average molecular weight is 446 g/mol. The molecule has 3 rings (SSSR count). The Balaban J connectivity index is 2.12. The van der Waals surface area contributed by atoms with Crippen molar-refractivity contribution in [3.63, 3.8) is 0 Å². The number of rotatable bonds is 5. The Morgan fingerprint density at radius 3 is 2.33 bits per heavy atom. The number of nitrogens with zero attached hydrogens (tertiary/aromatic N) is 3. The Morgan fingerprint density at radius 2 is 1.83 bits per heavy atom. The number of likely N-dealkylation sites (N-methyl/N-ethyl adjacent to an activating group) is 1. The van der Waals surface area contributed by atoms with E-state index in [0.29, 0.717) is 17.8 Å². The van der Waals surface area contributed by atoms with Crippen molar-refractivity contribution in [2.24, 2.45) is 16.0 Å². The van der Waals surface area contributed by atoms with E-state index in [4.69, 9.17) is 23.1 Å². The van der Waals surface area contributed by atoms with E-state index < -0.39 is 10.0 Å². The van der Waals surface area contributed by atoms with Crippen molar-refractivity contribution in [2.45, 2.75) is 31.6 Å². The molecule has 30 heavy (non-hydrogen) atoms. The largest absolute Gasteiger partial charge is 0.374 e. The van der Waals surface area contributed by atoms with Crippen LogP contribution in [0.1, 0.15) is 37.8 Å². The van der Waals surface area contributed by atoms with Crippen molar-refractivity contribution >= 4 is 50.3 Å². The number of hydrazone groups is 1. The van der Waals surface area contributed by atoms with E-state index in [9.17, 15) is 13.2 Å². The van der Waals surface area contributed by atoms with E-state index in [1.165, 1.54) is 29.3 Å². The second kappa shape index (κ2) is 8.13. The fraction of sp³-hybridized carbons (Fsp3) is 0.250. The van der Waals surface area contributed by atoms with Gasteiger partial charge in [-0.25, -0.2) is 18.6 Å². The Morgan fingerprint density at radius 1 is 1.20 bits per heavy atom. The fourth-order valence-electron chi connectivity index (χ4n) is 3.21. The van der Waals surface area contributed by atoms with E-state index in [-0.39, 0.29) is 27.5 Å². The molecule has 0 spiro atoms. The number of anilines is 2. The topological polar surface area (TPSA) is 122 Å². The van der Waals surface area contributed by atoms with Crippen LogP contribution in [-0.2, 0) is 14.8 Å². The zero-order valence-corrected chi connectivity index (χ0v) is 18.5. The predicted octanol–water partition coefficient (Wildman–Crippen LogP) is 2.28. The van der Waals surface area contributed by atoms with Crippen molar-refractivity contribution in [3.8, 4) is 0 Å². The monoisotopic (exact) mass is 445 g/mol. The number of primary sulfonamides is 1. The van der Waals surface area contributed by atoms with Crippen LogP contribution in [-0.4, -0.2) is 31.7 Å². The van der Waals surface area contributed by atoms with Crippen molar-refractivity contribution in [2.75, 3.05) is 16.5 Å². The third-order valence-electron chi connectivity index (χ3n) is 4.82. The van der Waals surface area contributed by atoms with Crippen LogP contribution in [0.2, 0.25) is 0 Å². The van der Waals surface area contributed by atoms with E-state index in [0.717, 1.165) is 11.3 Å². The number of carbonyl (C=O) groups excluding carboxylic acids is 1. The summed E-state index contributed by atoms with van der Waals surface area (Å²) in [5.41, 5.74) is 9.05. The van der Waals surface area contributed by atoms with E-state index in [2.05, 4.69) is 18.9 Å². The minimum absolute atomic E-state index is 0.0529. The minimum atomic E-state index is -3.84. The maximum Gasteiger partial charge on any atom is 0.279 e. The van der Waals surface area contributed by atoms with Gasteiger partial charge in [0.15, 0.2) is 10.8 Å². The van der Waals surface area contributed by atoms with Crippen LogP contribution in [0.4, 0.5) is 11.4 Å². The molecule has 0 saturated carbocycles. The molecule has 0 aromatic heterocycles. The number of hydrogen-bond donors (Lipinski definition) is 2. The molecule has 2 aromatic carbocycles. The van der Waals surface area contributed by atoms with Gasteiger partial charge in [0.05, 0.1) is 16.3 Å². The number of benzene rings is 2. The van der Waals surface area contributed by atoms with Crippen molar-refractivity contribution in [1.29, 1.82) is 0 Å². The summed E-state index contributed by atoms with van der Waals surface area (Å²) in [5, 5.41) is 10.8. The molecule has 1 aliphatic rings. The highest BCUT2D eigenvalue weighted by molar-refractivity contribution is 7.89. The summed E-state index contributed by atoms with van der Waals surface area (Å²) >= 11 is 5.13. The Bertz CT molecular complexity index is 1140. The second-order valence-electron chi connectivity index (χ2n) is 7.12. The highest BCUT2D eigenvalue weighted by atomic mass is 32.2. The lowest BCUT2D eigenvalue weighted by molar-refractivity contribution is -0.112. The Kier molecular flexibility index (Phi) is 5.93. The maximum atomic E-state index is 13.0. The smallest absolute Gasteiger partial charge is 0.279 e. The summed E-state index contributed by atoms with van der Waals surface area (Å²) in [7, 11) is -3.84. The molecule has 0 fully saturated rings. The lowest BCUT2D eigenvalue weighted by Crippen LogP contribution is -2.35. The summed E-state index contributed by atoms with van der Waals surface area (Å²) in [6, 6.07) is 11.5. The lowest BCUT2D eigenvalue weighted by atomic mass is 9.99. The van der Waals surface area contributed by atoms with Gasteiger partial charge in [-0.05, 0) is 67.0 Å². The van der Waals surface area contributed by atoms with Gasteiger partial charge in [-0.15, -0.1) is 0 Å². The minimum Gasteiger partial charge on any atom is -0.374 e. The molecule has 0 bridgehead atoms. The van der Waals surface area contributed by atoms with Crippen LogP contribution in [0.15, 0.2) is 52.5 Å². The highest BCUT2D eigenvalue weighted by Crippen LogP contribution is 2.32. The summed E-state index contributed by atoms with van der Waals surface area (Å²) in [5.74, 6) is 0.0237. The average Bonchev–Trinajstić information content (AvgIpc) is 2.95. The Hall–Kier alpha value is -2.82. The third kappa shape index (κ3) is 4.07. The van der Waals surface area contributed by atoms with Gasteiger partial charge >= 0.3 is 0 Å². The SMILES string of the molecule is CCN1C(=O)/C(=N\N(C(N)=S)c2ccc(S(N)(=O)=O)cc2)c2cc(C(C)C)ccc21. The fourth-order valence-corrected chi connectivity index (χ4v) is 3.87. The van der Waals surface area contributed by atoms with Gasteiger partial charge in [-0.1, -0.05) is 19.9 Å². The number of sulfonamides is 1. The lowest BCUT2D eigenvalue weighted by Gasteiger charge is -2.18. The summed E-state index contributed by atoms with van der Waals surface area (Å²) in [6.07, 6.45) is 0. The van der Waals surface area contributed by atoms with Gasteiger partial charge in [-0.2, -0.15) is 5.10 Å². The number of amides is 1. The number of hydrogen-bond acceptors (Lipinski definition) is 5. The van der Waals surface area contributed by atoms with E-state index in [1.54, 1.807) is 4.90 Å². The first-order valence-electron chi connectivity index (χ1n) is 9.31. The standard InChI is InChI=1S/C20H23N5O3S2/c1-4-24-17-10-5-13(12(2)3)11-16(17)18(19(24)26)23-25(20(21)29)14-6-8-15(9-7-14)30(22,27)28/h5-12H,4H2,1-3H3,(H2,21,29)(H2,22,27,28)/b23-18-. The van der Waals surface area contributed by atoms with Gasteiger partial charge in [0.1, 0.15) is 0 Å². The molecule has 0 atom stereocenters. The summed E-state index contributed by atoms with van der Waals surface area (Å²) in [4.78, 5) is 14.6. The summed E-state index contributed by atoms with van der Waals surface area (Å²) < 4.78 is 23.0. The molecule has 0 radical (unpaired) electrons. The zero-order chi connectivity index (χ0) is 22.2. The normalized spacial score (nSPS) is 15.0. The quantitative estimate of drug-likeness (QED) is 0.538. The number of nitrogens with two attached hydrogens (primary N) is 2. The maximum absolute atomic E-state index is 13.0. The zero-order valence-electron chi connectivity index (χ0n) is 16.9. The van der Waals surface area contributed by atoms with Crippen LogP contribution in [0.25, 0.3) is 0 Å². The molecule has 4 N–H and O–H groups in total. The molecular formula is C20H23N5O3S2. The van der Waals surface area contributed by atoms with Crippen molar-refractivity contribution in [3.05, 3.63) is 53.6 Å². The first kappa shape index (κ1) is 21.9. The summed E-state index contributed by atoms with van der Waals surface area (Å²) in [6.45, 7) is 6.52. The molecule has 2 aromatic rings. The van der Waals surface area contributed by atoms with Crippen LogP contribution in [0.5, 0.6) is 0 Å². The number of thiocarbonyl (C=S) groups is 1. The van der Waals surface area contributed by atoms with Gasteiger partial charge in [0, 0.05) is 12.1 Å². The second-order valence-corrected chi connectivity index (χ2v) is 9.10. The molecule has 0 unspecified atom stereocenters. The Labute approximate surface area is 181 Å². The first-order valence-corrected chi connectivity index (χ1v) is 11.3. The van der Waals surface area contributed by atoms with Gasteiger partial charge in [0.2, 0.25) is 10.0 Å². The molecule has 10 heteroatoms. The molecular weight excluding hydrogens is 422 g/mol. The van der Waals surface area contributed by atoms with Gasteiger partial charge in [0.25, 0.3) is 5.91 Å². The van der Waals surface area contributed by atoms with E-state index >= 15 is 0 Å². The highest BCUT2D eigenvalue weighted by Gasteiger charge is 2.34. The van der Waals surface area contributed by atoms with Gasteiger partial charge < -0.3 is 10.6 Å².